The first kappa shape index (κ1) is 19.3. The minimum Gasteiger partial charge on any atom is -0.365 e. The Morgan fingerprint density at radius 3 is 2.81 bits per heavy atom. The van der Waals surface area contributed by atoms with Crippen LogP contribution in [0.5, 0.6) is 0 Å². The Bertz CT molecular complexity index is 941. The average molecular weight is 408 g/mol. The van der Waals surface area contributed by atoms with Crippen molar-refractivity contribution >= 4 is 45.4 Å². The molecule has 1 aliphatic carbocycles. The van der Waals surface area contributed by atoms with Gasteiger partial charge in [0, 0.05) is 16.0 Å². The number of rotatable bonds is 5. The van der Waals surface area contributed by atoms with Gasteiger partial charge in [-0.3, -0.25) is 19.7 Å². The number of nitro benzene ring substituents is 1. The van der Waals surface area contributed by atoms with Crippen molar-refractivity contribution in [2.24, 2.45) is 11.7 Å². The van der Waals surface area contributed by atoms with E-state index in [4.69, 9.17) is 17.3 Å². The number of nitro groups is 1. The predicted octanol–water partition coefficient (Wildman–Crippen LogP) is 4.18. The van der Waals surface area contributed by atoms with Gasteiger partial charge in [0.25, 0.3) is 17.5 Å². The zero-order chi connectivity index (χ0) is 19.7. The lowest BCUT2D eigenvalue weighted by molar-refractivity contribution is -0.385. The molecule has 27 heavy (non-hydrogen) atoms. The third-order valence-electron chi connectivity index (χ3n) is 4.82. The lowest BCUT2D eigenvalue weighted by Gasteiger charge is -2.20. The molecule has 9 heteroatoms. The van der Waals surface area contributed by atoms with Crippen LogP contribution in [0.2, 0.25) is 5.02 Å². The highest BCUT2D eigenvalue weighted by Gasteiger charge is 2.29. The molecule has 3 N–H and O–H groups in total. The van der Waals surface area contributed by atoms with E-state index in [-0.39, 0.29) is 10.6 Å². The fourth-order valence-electron chi connectivity index (χ4n) is 3.37. The van der Waals surface area contributed by atoms with Crippen LogP contribution in [0.15, 0.2) is 18.2 Å². The van der Waals surface area contributed by atoms with Crippen molar-refractivity contribution in [2.45, 2.75) is 32.6 Å². The van der Waals surface area contributed by atoms with E-state index in [9.17, 15) is 19.7 Å². The molecule has 1 aromatic heterocycles. The number of halogens is 1. The molecule has 1 aromatic carbocycles. The normalized spacial score (nSPS) is 15.9. The lowest BCUT2D eigenvalue weighted by atomic mass is 9.85. The number of nitrogens with zero attached hydrogens (tertiary/aromatic N) is 1. The van der Waals surface area contributed by atoms with Crippen LogP contribution in [0.1, 0.15) is 50.9 Å². The van der Waals surface area contributed by atoms with Crippen LogP contribution in [0, 0.1) is 16.0 Å². The molecule has 2 amide bonds. The Hall–Kier alpha value is -2.45. The van der Waals surface area contributed by atoms with Crippen LogP contribution in [0.3, 0.4) is 0 Å². The third kappa shape index (κ3) is 3.81. The third-order valence-corrected chi connectivity index (χ3v) is 6.22. The monoisotopic (exact) mass is 407 g/mol. The SMILES string of the molecule is CCC1CCc2c(sc(NC(=O)c3ccc(Cl)cc3[N+](=O)[O-])c2C(N)=O)C1. The van der Waals surface area contributed by atoms with Gasteiger partial charge in [0.1, 0.15) is 10.6 Å². The second-order valence-electron chi connectivity index (χ2n) is 6.46. The lowest BCUT2D eigenvalue weighted by Crippen LogP contribution is -2.20. The zero-order valence-corrected chi connectivity index (χ0v) is 16.2. The number of amides is 2. The summed E-state index contributed by atoms with van der Waals surface area (Å²) in [6.07, 6.45) is 3.59. The zero-order valence-electron chi connectivity index (χ0n) is 14.6. The molecular formula is C18H18ClN3O4S. The Kier molecular flexibility index (Phi) is 5.48. The van der Waals surface area contributed by atoms with Gasteiger partial charge in [0.2, 0.25) is 0 Å². The summed E-state index contributed by atoms with van der Waals surface area (Å²) >= 11 is 7.11. The molecule has 0 fully saturated rings. The van der Waals surface area contributed by atoms with Crippen LogP contribution in [0.4, 0.5) is 10.7 Å². The summed E-state index contributed by atoms with van der Waals surface area (Å²) in [4.78, 5) is 36.3. The van der Waals surface area contributed by atoms with Crippen molar-refractivity contribution in [3.05, 3.63) is 54.9 Å². The number of nitrogens with two attached hydrogens (primary N) is 1. The van der Waals surface area contributed by atoms with Gasteiger partial charge in [-0.15, -0.1) is 11.3 Å². The predicted molar refractivity (Wildman–Crippen MR) is 105 cm³/mol. The molecule has 142 valence electrons. The van der Waals surface area contributed by atoms with Crippen molar-refractivity contribution in [3.63, 3.8) is 0 Å². The van der Waals surface area contributed by atoms with Gasteiger partial charge in [0.05, 0.1) is 10.5 Å². The van der Waals surface area contributed by atoms with Gasteiger partial charge >= 0.3 is 0 Å². The van der Waals surface area contributed by atoms with Crippen molar-refractivity contribution in [3.8, 4) is 0 Å². The van der Waals surface area contributed by atoms with E-state index < -0.39 is 22.4 Å². The summed E-state index contributed by atoms with van der Waals surface area (Å²) in [5, 5.41) is 14.4. The van der Waals surface area contributed by atoms with Gasteiger partial charge in [0.15, 0.2) is 0 Å². The maximum absolute atomic E-state index is 12.7. The van der Waals surface area contributed by atoms with Gasteiger partial charge < -0.3 is 11.1 Å². The Labute approximate surface area is 164 Å². The fraction of sp³-hybridized carbons (Fsp3) is 0.333. The fourth-order valence-corrected chi connectivity index (χ4v) is 4.90. The number of carbonyl (C=O) groups is 2. The van der Waals surface area contributed by atoms with E-state index in [1.54, 1.807) is 0 Å². The number of thiophene rings is 1. The highest BCUT2D eigenvalue weighted by Crippen LogP contribution is 2.40. The molecule has 3 rings (SSSR count). The van der Waals surface area contributed by atoms with Gasteiger partial charge in [-0.05, 0) is 42.9 Å². The summed E-state index contributed by atoms with van der Waals surface area (Å²) in [5.74, 6) is -0.743. The quantitative estimate of drug-likeness (QED) is 0.571. The number of carbonyl (C=O) groups excluding carboxylic acids is 2. The molecule has 7 nitrogen and oxygen atoms in total. The molecule has 1 heterocycles. The second-order valence-corrected chi connectivity index (χ2v) is 8.00. The molecule has 1 unspecified atom stereocenters. The van der Waals surface area contributed by atoms with Gasteiger partial charge in [-0.1, -0.05) is 24.9 Å². The Morgan fingerprint density at radius 1 is 1.44 bits per heavy atom. The van der Waals surface area contributed by atoms with Crippen LogP contribution >= 0.6 is 22.9 Å². The highest BCUT2D eigenvalue weighted by molar-refractivity contribution is 7.17. The molecule has 0 bridgehead atoms. The largest absolute Gasteiger partial charge is 0.365 e. The number of hydrogen-bond acceptors (Lipinski definition) is 5. The molecule has 1 aliphatic rings. The summed E-state index contributed by atoms with van der Waals surface area (Å²) in [5.41, 5.74) is 6.23. The van der Waals surface area contributed by atoms with Crippen molar-refractivity contribution < 1.29 is 14.5 Å². The van der Waals surface area contributed by atoms with Crippen LogP contribution in [-0.2, 0) is 12.8 Å². The topological polar surface area (TPSA) is 115 Å². The first-order valence-electron chi connectivity index (χ1n) is 8.51. The number of primary amides is 1. The molecule has 0 radical (unpaired) electrons. The Morgan fingerprint density at radius 2 is 2.19 bits per heavy atom. The second kappa shape index (κ2) is 7.66. The highest BCUT2D eigenvalue weighted by atomic mass is 35.5. The summed E-state index contributed by atoms with van der Waals surface area (Å²) in [6, 6.07) is 3.82. The number of hydrogen-bond donors (Lipinski definition) is 2. The summed E-state index contributed by atoms with van der Waals surface area (Å²) in [7, 11) is 0. The number of benzene rings is 1. The van der Waals surface area contributed by atoms with Gasteiger partial charge in [-0.2, -0.15) is 0 Å². The minimum atomic E-state index is -0.675. The number of anilines is 1. The maximum atomic E-state index is 12.7. The van der Waals surface area contributed by atoms with E-state index in [0.29, 0.717) is 16.5 Å². The minimum absolute atomic E-state index is 0.127. The molecule has 0 spiro atoms. The molecule has 1 atom stereocenters. The van der Waals surface area contributed by atoms with Crippen LogP contribution in [0.25, 0.3) is 0 Å². The molecule has 0 saturated heterocycles. The van der Waals surface area contributed by atoms with E-state index in [2.05, 4.69) is 12.2 Å². The maximum Gasteiger partial charge on any atom is 0.283 e. The van der Waals surface area contributed by atoms with Crippen LogP contribution < -0.4 is 11.1 Å². The first-order chi connectivity index (χ1) is 12.8. The van der Waals surface area contributed by atoms with Gasteiger partial charge in [-0.25, -0.2) is 0 Å². The average Bonchev–Trinajstić information content (AvgIpc) is 2.98. The first-order valence-corrected chi connectivity index (χ1v) is 9.70. The molecule has 2 aromatic rings. The molecule has 0 saturated carbocycles. The van der Waals surface area contributed by atoms with Crippen molar-refractivity contribution in [2.75, 3.05) is 5.32 Å². The molecule has 0 aliphatic heterocycles. The van der Waals surface area contributed by atoms with E-state index in [1.165, 1.54) is 23.5 Å². The number of nitrogens with one attached hydrogen (secondary N) is 1. The van der Waals surface area contributed by atoms with Crippen molar-refractivity contribution in [1.82, 2.24) is 0 Å². The van der Waals surface area contributed by atoms with Crippen molar-refractivity contribution in [1.29, 1.82) is 0 Å². The molecular weight excluding hydrogens is 390 g/mol. The smallest absolute Gasteiger partial charge is 0.283 e. The number of fused-ring (bicyclic) bond motifs is 1. The van der Waals surface area contributed by atoms with E-state index in [0.717, 1.165) is 42.2 Å². The summed E-state index contributed by atoms with van der Waals surface area (Å²) < 4.78 is 0. The van der Waals surface area contributed by atoms with E-state index >= 15 is 0 Å². The Balaban J connectivity index is 1.97. The van der Waals surface area contributed by atoms with E-state index in [1.807, 2.05) is 0 Å². The standard InChI is InChI=1S/C18H18ClN3O4S/c1-2-9-3-5-12-14(7-9)27-18(15(12)16(20)23)21-17(24)11-6-4-10(19)8-13(11)22(25)26/h4,6,8-9H,2-3,5,7H2,1H3,(H2,20,23)(H,21,24). The van der Waals surface area contributed by atoms with Crippen LogP contribution in [-0.4, -0.2) is 16.7 Å². The summed E-state index contributed by atoms with van der Waals surface area (Å²) in [6.45, 7) is 2.13.